The number of amides is 2. The smallest absolute Gasteiger partial charge is 0.244 e. The van der Waals surface area contributed by atoms with E-state index in [9.17, 15) is 18.0 Å². The number of carbonyl (C=O) groups is 2. The molecule has 1 atom stereocenters. The third kappa shape index (κ3) is 8.68. The highest BCUT2D eigenvalue weighted by Gasteiger charge is 2.33. The molecule has 0 unspecified atom stereocenters. The molecule has 0 fully saturated rings. The minimum Gasteiger partial charge on any atom is -0.354 e. The first-order valence-corrected chi connectivity index (χ1v) is 15.6. The van der Waals surface area contributed by atoms with Crippen LogP contribution in [0.25, 0.3) is 0 Å². The van der Waals surface area contributed by atoms with Crippen molar-refractivity contribution in [1.82, 2.24) is 10.2 Å². The Kier molecular flexibility index (Phi) is 10.9. The van der Waals surface area contributed by atoms with Crippen LogP contribution < -0.4 is 9.62 Å². The summed E-state index contributed by atoms with van der Waals surface area (Å²) in [5, 5.41) is 2.95. The van der Waals surface area contributed by atoms with Gasteiger partial charge in [0.1, 0.15) is 12.6 Å². The number of rotatable bonds is 13. The zero-order chi connectivity index (χ0) is 29.3. The highest BCUT2D eigenvalue weighted by Crippen LogP contribution is 2.23. The Balaban J connectivity index is 2.03. The van der Waals surface area contributed by atoms with Crippen molar-refractivity contribution < 1.29 is 18.0 Å². The molecule has 2 amide bonds. The van der Waals surface area contributed by atoms with E-state index in [0.29, 0.717) is 18.7 Å². The Bertz CT molecular complexity index is 1370. The maximum absolute atomic E-state index is 14.1. The third-order valence-corrected chi connectivity index (χ3v) is 7.92. The zero-order valence-corrected chi connectivity index (χ0v) is 24.9. The van der Waals surface area contributed by atoms with E-state index >= 15 is 0 Å². The zero-order valence-electron chi connectivity index (χ0n) is 24.1. The molecule has 0 aromatic heterocycles. The monoisotopic (exact) mass is 563 g/mol. The fourth-order valence-corrected chi connectivity index (χ4v) is 5.42. The van der Waals surface area contributed by atoms with Gasteiger partial charge in [-0.2, -0.15) is 0 Å². The molecule has 40 heavy (non-hydrogen) atoms. The number of nitrogens with zero attached hydrogens (tertiary/aromatic N) is 2. The third-order valence-electron chi connectivity index (χ3n) is 6.78. The van der Waals surface area contributed by atoms with Crippen molar-refractivity contribution in [2.24, 2.45) is 0 Å². The molecule has 3 aromatic rings. The van der Waals surface area contributed by atoms with E-state index < -0.39 is 28.5 Å². The van der Waals surface area contributed by atoms with Crippen molar-refractivity contribution in [2.75, 3.05) is 23.7 Å². The largest absolute Gasteiger partial charge is 0.354 e. The first-order valence-electron chi connectivity index (χ1n) is 13.7. The molecule has 8 heteroatoms. The second-order valence-corrected chi connectivity index (χ2v) is 12.4. The Morgan fingerprint density at radius 2 is 1.55 bits per heavy atom. The second-order valence-electron chi connectivity index (χ2n) is 10.5. The molecule has 7 nitrogen and oxygen atoms in total. The maximum atomic E-state index is 14.1. The lowest BCUT2D eigenvalue weighted by Gasteiger charge is -2.33. The molecule has 0 aliphatic carbocycles. The van der Waals surface area contributed by atoms with Gasteiger partial charge in [-0.1, -0.05) is 93.1 Å². The van der Waals surface area contributed by atoms with E-state index in [2.05, 4.69) is 19.2 Å². The summed E-state index contributed by atoms with van der Waals surface area (Å²) in [6.07, 6.45) is 2.15. The van der Waals surface area contributed by atoms with E-state index in [1.54, 1.807) is 12.1 Å². The van der Waals surface area contributed by atoms with E-state index in [0.717, 1.165) is 39.2 Å². The average Bonchev–Trinajstić information content (AvgIpc) is 2.92. The van der Waals surface area contributed by atoms with Crippen LogP contribution in [0.3, 0.4) is 0 Å². The van der Waals surface area contributed by atoms with Crippen molar-refractivity contribution in [3.05, 3.63) is 101 Å². The number of carbonyl (C=O) groups excluding carboxylic acids is 2. The standard InChI is InChI=1S/C32H41N3O4S/c1-6-19-33-32(37)30(21-26-12-8-7-9-13-26)34(22-27-14-10-11-25(4)20-27)31(36)23-35(40(5,38)39)29-17-15-28(16-18-29)24(2)3/h7-18,20,24,30H,6,19,21-23H2,1-5H3,(H,33,37)/t30-/m0/s1. The van der Waals surface area contributed by atoms with Crippen molar-refractivity contribution in [3.63, 3.8) is 0 Å². The van der Waals surface area contributed by atoms with Crippen molar-refractivity contribution in [1.29, 1.82) is 0 Å². The SMILES string of the molecule is CCCNC(=O)[C@H](Cc1ccccc1)N(Cc1cccc(C)c1)C(=O)CN(c1ccc(C(C)C)cc1)S(C)(=O)=O. The van der Waals surface area contributed by atoms with E-state index in [-0.39, 0.29) is 18.4 Å². The van der Waals surface area contributed by atoms with Crippen LogP contribution in [0.5, 0.6) is 0 Å². The summed E-state index contributed by atoms with van der Waals surface area (Å²) < 4.78 is 27.0. The van der Waals surface area contributed by atoms with E-state index in [1.807, 2.05) is 80.6 Å². The summed E-state index contributed by atoms with van der Waals surface area (Å²) in [6.45, 7) is 8.29. The van der Waals surface area contributed by atoms with Crippen molar-refractivity contribution in [3.8, 4) is 0 Å². The predicted octanol–water partition coefficient (Wildman–Crippen LogP) is 5.05. The maximum Gasteiger partial charge on any atom is 0.244 e. The van der Waals surface area contributed by atoms with Crippen LogP contribution in [0.4, 0.5) is 5.69 Å². The molecule has 0 aliphatic rings. The van der Waals surface area contributed by atoms with Crippen LogP contribution in [-0.4, -0.2) is 50.5 Å². The Hall–Kier alpha value is -3.65. The van der Waals surface area contributed by atoms with Gasteiger partial charge in [0.25, 0.3) is 0 Å². The van der Waals surface area contributed by atoms with Gasteiger partial charge in [0, 0.05) is 19.5 Å². The van der Waals surface area contributed by atoms with Gasteiger partial charge in [0.2, 0.25) is 21.8 Å². The normalized spacial score (nSPS) is 12.2. The van der Waals surface area contributed by atoms with Crippen molar-refractivity contribution >= 4 is 27.5 Å². The lowest BCUT2D eigenvalue weighted by atomic mass is 10.0. The van der Waals surface area contributed by atoms with Gasteiger partial charge in [0.05, 0.1) is 11.9 Å². The van der Waals surface area contributed by atoms with Crippen LogP contribution in [0.1, 0.15) is 55.4 Å². The predicted molar refractivity (Wildman–Crippen MR) is 162 cm³/mol. The number of hydrogen-bond acceptors (Lipinski definition) is 4. The van der Waals surface area contributed by atoms with Gasteiger partial charge in [-0.15, -0.1) is 0 Å². The minimum absolute atomic E-state index is 0.168. The molecule has 0 heterocycles. The van der Waals surface area contributed by atoms with Crippen molar-refractivity contribution in [2.45, 2.75) is 59.0 Å². The number of aryl methyl sites for hydroxylation is 1. The second kappa shape index (κ2) is 14.1. The fraction of sp³-hybridized carbons (Fsp3) is 0.375. The quantitative estimate of drug-likeness (QED) is 0.315. The Morgan fingerprint density at radius 3 is 2.12 bits per heavy atom. The first kappa shape index (κ1) is 30.9. The molecule has 214 valence electrons. The number of sulfonamides is 1. The van der Waals surface area contributed by atoms with E-state index in [4.69, 9.17) is 0 Å². The summed E-state index contributed by atoms with van der Waals surface area (Å²) in [4.78, 5) is 29.1. The summed E-state index contributed by atoms with van der Waals surface area (Å²) in [5.74, 6) is -0.432. The highest BCUT2D eigenvalue weighted by atomic mass is 32.2. The topological polar surface area (TPSA) is 86.8 Å². The van der Waals surface area contributed by atoms with Crippen LogP contribution >= 0.6 is 0 Å². The summed E-state index contributed by atoms with van der Waals surface area (Å²) >= 11 is 0. The fourth-order valence-electron chi connectivity index (χ4n) is 4.57. The first-order chi connectivity index (χ1) is 19.0. The molecule has 3 rings (SSSR count). The van der Waals surface area contributed by atoms with Crippen LogP contribution in [0, 0.1) is 6.92 Å². The lowest BCUT2D eigenvalue weighted by Crippen LogP contribution is -2.53. The van der Waals surface area contributed by atoms with Crippen LogP contribution in [-0.2, 0) is 32.6 Å². The van der Waals surface area contributed by atoms with Gasteiger partial charge in [-0.05, 0) is 48.1 Å². The molecule has 3 aromatic carbocycles. The molecule has 0 radical (unpaired) electrons. The number of hydrogen-bond donors (Lipinski definition) is 1. The number of nitrogens with one attached hydrogen (secondary N) is 1. The lowest BCUT2D eigenvalue weighted by molar-refractivity contribution is -0.140. The molecule has 0 bridgehead atoms. The molecule has 0 aliphatic heterocycles. The van der Waals surface area contributed by atoms with Gasteiger partial charge < -0.3 is 10.2 Å². The average molecular weight is 564 g/mol. The summed E-state index contributed by atoms with van der Waals surface area (Å²) in [7, 11) is -3.79. The minimum atomic E-state index is -3.79. The van der Waals surface area contributed by atoms with Gasteiger partial charge in [-0.3, -0.25) is 13.9 Å². The highest BCUT2D eigenvalue weighted by molar-refractivity contribution is 7.92. The molecular formula is C32H41N3O4S. The van der Waals surface area contributed by atoms with Gasteiger partial charge in [0.15, 0.2) is 0 Å². The van der Waals surface area contributed by atoms with Crippen LogP contribution in [0.2, 0.25) is 0 Å². The van der Waals surface area contributed by atoms with Gasteiger partial charge in [-0.25, -0.2) is 8.42 Å². The number of benzene rings is 3. The molecule has 0 saturated heterocycles. The molecule has 0 saturated carbocycles. The molecule has 1 N–H and O–H groups in total. The summed E-state index contributed by atoms with van der Waals surface area (Å²) in [6, 6.07) is 23.7. The molecule has 0 spiro atoms. The van der Waals surface area contributed by atoms with E-state index in [1.165, 1.54) is 4.90 Å². The molecular weight excluding hydrogens is 522 g/mol. The number of anilines is 1. The Labute approximate surface area is 239 Å². The van der Waals surface area contributed by atoms with Gasteiger partial charge >= 0.3 is 0 Å². The van der Waals surface area contributed by atoms with Crippen LogP contribution in [0.15, 0.2) is 78.9 Å². The summed E-state index contributed by atoms with van der Waals surface area (Å²) in [5.41, 5.74) is 4.28. The Morgan fingerprint density at radius 1 is 0.900 bits per heavy atom.